The summed E-state index contributed by atoms with van der Waals surface area (Å²) in [5.74, 6) is 0.718. The van der Waals surface area contributed by atoms with Crippen molar-refractivity contribution in [3.8, 4) is 5.75 Å². The van der Waals surface area contributed by atoms with Gasteiger partial charge < -0.3 is 14.5 Å². The number of alkyl halides is 3. The van der Waals surface area contributed by atoms with Gasteiger partial charge in [0, 0.05) is 24.0 Å². The van der Waals surface area contributed by atoms with Crippen molar-refractivity contribution in [3.63, 3.8) is 0 Å². The Labute approximate surface area is 197 Å². The second-order valence-electron chi connectivity index (χ2n) is 7.66. The molecule has 1 aliphatic carbocycles. The summed E-state index contributed by atoms with van der Waals surface area (Å²) in [5, 5.41) is 6.59. The lowest BCUT2D eigenvalue weighted by atomic mass is 10.2. The van der Waals surface area contributed by atoms with Crippen LogP contribution in [0.1, 0.15) is 52.9 Å². The molecule has 1 aromatic carbocycles. The van der Waals surface area contributed by atoms with E-state index in [1.165, 1.54) is 10.7 Å². The molecular weight excluding hydrogens is 482 g/mol. The van der Waals surface area contributed by atoms with Crippen molar-refractivity contribution in [2.45, 2.75) is 44.5 Å². The van der Waals surface area contributed by atoms with Crippen molar-refractivity contribution in [2.75, 3.05) is 6.54 Å². The molecule has 1 N–H and O–H groups in total. The number of benzene rings is 1. The molecule has 1 fully saturated rings. The van der Waals surface area contributed by atoms with E-state index in [9.17, 15) is 18.0 Å². The highest BCUT2D eigenvalue weighted by Crippen LogP contribution is 2.46. The largest absolute Gasteiger partial charge is 0.486 e. The van der Waals surface area contributed by atoms with Gasteiger partial charge in [0.25, 0.3) is 5.91 Å². The number of rotatable bonds is 9. The Hall–Kier alpha value is -2.65. The molecule has 2 heterocycles. The topological polar surface area (TPSA) is 69.3 Å². The average Bonchev–Trinajstić information content (AvgIpc) is 3.36. The van der Waals surface area contributed by atoms with Crippen LogP contribution in [0.2, 0.25) is 10.0 Å². The Morgan fingerprint density at radius 3 is 2.73 bits per heavy atom. The maximum atomic E-state index is 13.1. The molecule has 2 aromatic heterocycles. The fourth-order valence-corrected chi connectivity index (χ4v) is 3.94. The predicted octanol–water partition coefficient (Wildman–Crippen LogP) is 6.08. The van der Waals surface area contributed by atoms with Gasteiger partial charge in [0.2, 0.25) is 0 Å². The van der Waals surface area contributed by atoms with Crippen molar-refractivity contribution in [2.24, 2.45) is 0 Å². The normalized spacial score (nSPS) is 13.8. The summed E-state index contributed by atoms with van der Waals surface area (Å²) in [5.41, 5.74) is -0.635. The third kappa shape index (κ3) is 5.83. The van der Waals surface area contributed by atoms with E-state index in [0.29, 0.717) is 28.6 Å². The smallest absolute Gasteiger partial charge is 0.436 e. The van der Waals surface area contributed by atoms with Crippen LogP contribution in [0.5, 0.6) is 5.75 Å². The van der Waals surface area contributed by atoms with Crippen LogP contribution >= 0.6 is 23.2 Å². The highest BCUT2D eigenvalue weighted by Gasteiger charge is 2.41. The van der Waals surface area contributed by atoms with Crippen LogP contribution in [-0.4, -0.2) is 22.2 Å². The molecule has 0 spiro atoms. The molecule has 0 atom stereocenters. The molecule has 0 bridgehead atoms. The molecule has 4 rings (SSSR count). The number of halogens is 5. The van der Waals surface area contributed by atoms with Gasteiger partial charge in [0.1, 0.15) is 18.1 Å². The lowest BCUT2D eigenvalue weighted by Crippen LogP contribution is -2.25. The standard InChI is InChI=1S/C22H20Cl2F3N3O3/c23-14-3-1-4-15(11-14)32-12-16-7-8-17(33-16)21(31)28-9-2-10-30-19(13-5-6-13)18(24)20(29-30)22(25,26)27/h1,3-4,7-8,11,13H,2,5-6,9-10,12H2,(H,28,31). The molecule has 0 unspecified atom stereocenters. The molecule has 6 nitrogen and oxygen atoms in total. The number of amides is 1. The first-order valence-corrected chi connectivity index (χ1v) is 11.1. The number of hydrogen-bond donors (Lipinski definition) is 1. The summed E-state index contributed by atoms with van der Waals surface area (Å²) in [4.78, 5) is 12.3. The van der Waals surface area contributed by atoms with Gasteiger partial charge in [0.05, 0.1) is 10.7 Å². The fourth-order valence-electron chi connectivity index (χ4n) is 3.36. The first-order valence-electron chi connectivity index (χ1n) is 10.3. The maximum absolute atomic E-state index is 13.1. The second-order valence-corrected chi connectivity index (χ2v) is 8.48. The number of carbonyl (C=O) groups is 1. The zero-order valence-corrected chi connectivity index (χ0v) is 18.8. The summed E-state index contributed by atoms with van der Waals surface area (Å²) in [7, 11) is 0. The fraction of sp³-hybridized carbons (Fsp3) is 0.364. The number of aromatic nitrogens is 2. The number of nitrogens with zero attached hydrogens (tertiary/aromatic N) is 2. The van der Waals surface area contributed by atoms with E-state index < -0.39 is 17.8 Å². The maximum Gasteiger partial charge on any atom is 0.436 e. The molecule has 1 amide bonds. The predicted molar refractivity (Wildman–Crippen MR) is 116 cm³/mol. The van der Waals surface area contributed by atoms with Crippen LogP contribution < -0.4 is 10.1 Å². The molecular formula is C22H20Cl2F3N3O3. The summed E-state index contributed by atoms with van der Waals surface area (Å²) < 4.78 is 51.8. The van der Waals surface area contributed by atoms with Gasteiger partial charge in [-0.15, -0.1) is 0 Å². The average molecular weight is 502 g/mol. The Morgan fingerprint density at radius 2 is 2.03 bits per heavy atom. The van der Waals surface area contributed by atoms with Crippen LogP contribution in [0.3, 0.4) is 0 Å². The van der Waals surface area contributed by atoms with Crippen LogP contribution in [0.4, 0.5) is 13.2 Å². The van der Waals surface area contributed by atoms with E-state index in [4.69, 9.17) is 32.4 Å². The first-order chi connectivity index (χ1) is 15.7. The van der Waals surface area contributed by atoms with Crippen LogP contribution in [0.15, 0.2) is 40.8 Å². The van der Waals surface area contributed by atoms with Gasteiger partial charge >= 0.3 is 6.18 Å². The summed E-state index contributed by atoms with van der Waals surface area (Å²) >= 11 is 11.9. The summed E-state index contributed by atoms with van der Waals surface area (Å²) in [6.07, 6.45) is -2.64. The van der Waals surface area contributed by atoms with Gasteiger partial charge in [-0.05, 0) is 49.6 Å². The lowest BCUT2D eigenvalue weighted by molar-refractivity contribution is -0.141. The number of ether oxygens (including phenoxy) is 1. The molecule has 176 valence electrons. The van der Waals surface area contributed by atoms with Crippen molar-refractivity contribution in [1.29, 1.82) is 0 Å². The van der Waals surface area contributed by atoms with Crippen LogP contribution in [0.25, 0.3) is 0 Å². The number of carbonyl (C=O) groups excluding carboxylic acids is 1. The molecule has 0 aliphatic heterocycles. The van der Waals surface area contributed by atoms with Gasteiger partial charge in [-0.3, -0.25) is 9.48 Å². The number of furan rings is 1. The number of aryl methyl sites for hydroxylation is 1. The minimum absolute atomic E-state index is 0.00589. The van der Waals surface area contributed by atoms with E-state index in [2.05, 4.69) is 10.4 Å². The van der Waals surface area contributed by atoms with Crippen LogP contribution in [0, 0.1) is 0 Å². The van der Waals surface area contributed by atoms with E-state index in [0.717, 1.165) is 12.8 Å². The molecule has 3 aromatic rings. The highest BCUT2D eigenvalue weighted by molar-refractivity contribution is 6.32. The third-order valence-electron chi connectivity index (χ3n) is 5.06. The lowest BCUT2D eigenvalue weighted by Gasteiger charge is -2.08. The summed E-state index contributed by atoms with van der Waals surface area (Å²) in [6.45, 7) is 0.564. The minimum atomic E-state index is -4.60. The van der Waals surface area contributed by atoms with Crippen molar-refractivity contribution in [1.82, 2.24) is 15.1 Å². The zero-order chi connectivity index (χ0) is 23.6. The summed E-state index contributed by atoms with van der Waals surface area (Å²) in [6, 6.07) is 10.1. The monoisotopic (exact) mass is 501 g/mol. The van der Waals surface area contributed by atoms with Crippen molar-refractivity contribution >= 4 is 29.1 Å². The van der Waals surface area contributed by atoms with E-state index in [-0.39, 0.29) is 36.4 Å². The SMILES string of the molecule is O=C(NCCCn1nc(C(F)(F)F)c(Cl)c1C1CC1)c1ccc(COc2cccc(Cl)c2)o1. The quantitative estimate of drug-likeness (QED) is 0.361. The van der Waals surface area contributed by atoms with Crippen LogP contribution in [-0.2, 0) is 19.3 Å². The minimum Gasteiger partial charge on any atom is -0.486 e. The number of nitrogens with one attached hydrogen (secondary N) is 1. The van der Waals surface area contributed by atoms with Crippen molar-refractivity contribution in [3.05, 3.63) is 69.4 Å². The van der Waals surface area contributed by atoms with E-state index in [1.807, 2.05) is 0 Å². The van der Waals surface area contributed by atoms with Crippen molar-refractivity contribution < 1.29 is 27.1 Å². The Bertz CT molecular complexity index is 1140. The molecule has 0 saturated heterocycles. The van der Waals surface area contributed by atoms with Gasteiger partial charge in [-0.25, -0.2) is 0 Å². The number of hydrogen-bond acceptors (Lipinski definition) is 4. The highest BCUT2D eigenvalue weighted by atomic mass is 35.5. The second kappa shape index (κ2) is 9.69. The Kier molecular flexibility index (Phi) is 6.90. The molecule has 1 saturated carbocycles. The molecule has 33 heavy (non-hydrogen) atoms. The van der Waals surface area contributed by atoms with Gasteiger partial charge in [-0.1, -0.05) is 29.3 Å². The van der Waals surface area contributed by atoms with E-state index in [1.54, 1.807) is 30.3 Å². The Morgan fingerprint density at radius 1 is 1.24 bits per heavy atom. The van der Waals surface area contributed by atoms with E-state index >= 15 is 0 Å². The van der Waals surface area contributed by atoms with Gasteiger partial charge in [-0.2, -0.15) is 18.3 Å². The molecule has 0 radical (unpaired) electrons. The molecule has 11 heteroatoms. The third-order valence-corrected chi connectivity index (χ3v) is 5.67. The molecule has 1 aliphatic rings. The first kappa shape index (κ1) is 23.5. The Balaban J connectivity index is 1.27. The zero-order valence-electron chi connectivity index (χ0n) is 17.3. The van der Waals surface area contributed by atoms with Gasteiger partial charge in [0.15, 0.2) is 11.5 Å².